The molecule has 16 heavy (non-hydrogen) atoms. The van der Waals surface area contributed by atoms with Crippen LogP contribution < -0.4 is 5.32 Å². The van der Waals surface area contributed by atoms with E-state index in [0.29, 0.717) is 5.41 Å². The van der Waals surface area contributed by atoms with Gasteiger partial charge in [0.2, 0.25) is 0 Å². The third-order valence-electron chi connectivity index (χ3n) is 3.93. The number of aryl methyl sites for hydroxylation is 2. The molecule has 0 atom stereocenters. The zero-order valence-corrected chi connectivity index (χ0v) is 10.8. The highest BCUT2D eigenvalue weighted by molar-refractivity contribution is 5.30. The van der Waals surface area contributed by atoms with Gasteiger partial charge in [-0.3, -0.25) is 0 Å². The molecule has 1 heteroatoms. The Hall–Kier alpha value is -0.820. The fraction of sp³-hybridized carbons (Fsp3) is 0.600. The molecule has 1 nitrogen and oxygen atoms in total. The Kier molecular flexibility index (Phi) is 3.34. The van der Waals surface area contributed by atoms with Crippen molar-refractivity contribution in [1.29, 1.82) is 0 Å². The summed E-state index contributed by atoms with van der Waals surface area (Å²) in [7, 11) is 0. The summed E-state index contributed by atoms with van der Waals surface area (Å²) in [5.74, 6) is 0. The van der Waals surface area contributed by atoms with Crippen molar-refractivity contribution in [2.75, 3.05) is 6.54 Å². The second-order valence-electron chi connectivity index (χ2n) is 5.70. The standard InChI is InChI=1S/C15H23N/c1-12-5-6-14(13(2)9-12)10-16-11-15(3)7-4-8-15/h5-6,9,16H,4,7-8,10-11H2,1-3H3. The van der Waals surface area contributed by atoms with Crippen molar-refractivity contribution < 1.29 is 0 Å². The van der Waals surface area contributed by atoms with Gasteiger partial charge in [0.15, 0.2) is 0 Å². The first-order chi connectivity index (χ1) is 7.59. The predicted molar refractivity (Wildman–Crippen MR) is 69.6 cm³/mol. The Bertz CT molecular complexity index is 364. The van der Waals surface area contributed by atoms with Crippen molar-refractivity contribution in [3.8, 4) is 0 Å². The molecule has 1 aliphatic carbocycles. The molecule has 0 bridgehead atoms. The van der Waals surface area contributed by atoms with Crippen molar-refractivity contribution >= 4 is 0 Å². The first-order valence-electron chi connectivity index (χ1n) is 6.36. The average molecular weight is 217 g/mol. The van der Waals surface area contributed by atoms with Gasteiger partial charge < -0.3 is 5.32 Å². The highest BCUT2D eigenvalue weighted by Gasteiger charge is 2.30. The first kappa shape index (κ1) is 11.7. The summed E-state index contributed by atoms with van der Waals surface area (Å²) in [6.07, 6.45) is 4.21. The molecule has 1 fully saturated rings. The number of hydrogen-bond acceptors (Lipinski definition) is 1. The maximum atomic E-state index is 3.60. The zero-order chi connectivity index (χ0) is 11.6. The van der Waals surface area contributed by atoms with Gasteiger partial charge in [-0.1, -0.05) is 37.1 Å². The van der Waals surface area contributed by atoms with Crippen LogP contribution in [0.1, 0.15) is 42.9 Å². The monoisotopic (exact) mass is 217 g/mol. The van der Waals surface area contributed by atoms with Gasteiger partial charge >= 0.3 is 0 Å². The fourth-order valence-electron chi connectivity index (χ4n) is 2.50. The molecule has 0 aliphatic heterocycles. The maximum Gasteiger partial charge on any atom is 0.0208 e. The van der Waals surface area contributed by atoms with E-state index in [2.05, 4.69) is 44.3 Å². The second-order valence-corrected chi connectivity index (χ2v) is 5.70. The number of nitrogens with one attached hydrogen (secondary N) is 1. The Morgan fingerprint density at radius 1 is 1.25 bits per heavy atom. The van der Waals surface area contributed by atoms with E-state index < -0.39 is 0 Å². The highest BCUT2D eigenvalue weighted by atomic mass is 14.9. The zero-order valence-electron chi connectivity index (χ0n) is 10.8. The molecule has 0 saturated heterocycles. The lowest BCUT2D eigenvalue weighted by Crippen LogP contribution is -2.37. The van der Waals surface area contributed by atoms with Crippen molar-refractivity contribution in [3.63, 3.8) is 0 Å². The molecule has 1 saturated carbocycles. The minimum absolute atomic E-state index is 0.582. The molecule has 88 valence electrons. The molecular formula is C15H23N. The lowest BCUT2D eigenvalue weighted by Gasteiger charge is -2.38. The minimum atomic E-state index is 0.582. The second kappa shape index (κ2) is 4.58. The highest BCUT2D eigenvalue weighted by Crippen LogP contribution is 2.39. The van der Waals surface area contributed by atoms with Crippen LogP contribution in [0.5, 0.6) is 0 Å². The van der Waals surface area contributed by atoms with Crippen LogP contribution in [-0.2, 0) is 6.54 Å². The summed E-state index contributed by atoms with van der Waals surface area (Å²) in [6.45, 7) is 8.93. The largest absolute Gasteiger partial charge is 0.312 e. The van der Waals surface area contributed by atoms with Crippen LogP contribution in [-0.4, -0.2) is 6.54 Å². The molecule has 2 rings (SSSR count). The topological polar surface area (TPSA) is 12.0 Å². The molecule has 0 unspecified atom stereocenters. The van der Waals surface area contributed by atoms with E-state index in [4.69, 9.17) is 0 Å². The van der Waals surface area contributed by atoms with Gasteiger partial charge in [-0.2, -0.15) is 0 Å². The predicted octanol–water partition coefficient (Wildman–Crippen LogP) is 3.58. The summed E-state index contributed by atoms with van der Waals surface area (Å²) in [5, 5.41) is 3.60. The van der Waals surface area contributed by atoms with Gasteiger partial charge in [0.05, 0.1) is 0 Å². The van der Waals surface area contributed by atoms with E-state index in [-0.39, 0.29) is 0 Å². The summed E-state index contributed by atoms with van der Waals surface area (Å²) >= 11 is 0. The lowest BCUT2D eigenvalue weighted by molar-refractivity contribution is 0.156. The maximum absolute atomic E-state index is 3.60. The normalized spacial score (nSPS) is 18.2. The molecule has 0 amide bonds. The lowest BCUT2D eigenvalue weighted by atomic mass is 9.70. The van der Waals surface area contributed by atoms with E-state index in [9.17, 15) is 0 Å². The van der Waals surface area contributed by atoms with Gasteiger partial charge in [-0.05, 0) is 43.2 Å². The first-order valence-corrected chi connectivity index (χ1v) is 6.36. The summed E-state index contributed by atoms with van der Waals surface area (Å²) < 4.78 is 0. The molecule has 1 aromatic carbocycles. The molecule has 1 aromatic rings. The minimum Gasteiger partial charge on any atom is -0.312 e. The van der Waals surface area contributed by atoms with Crippen molar-refractivity contribution in [3.05, 3.63) is 34.9 Å². The average Bonchev–Trinajstić information content (AvgIpc) is 2.19. The van der Waals surface area contributed by atoms with Crippen molar-refractivity contribution in [2.24, 2.45) is 5.41 Å². The molecule has 1 aliphatic rings. The van der Waals surface area contributed by atoms with Gasteiger partial charge in [-0.25, -0.2) is 0 Å². The van der Waals surface area contributed by atoms with Crippen LogP contribution in [0.15, 0.2) is 18.2 Å². The van der Waals surface area contributed by atoms with Crippen LogP contribution in [0.25, 0.3) is 0 Å². The van der Waals surface area contributed by atoms with E-state index in [1.807, 2.05) is 0 Å². The Labute approximate surface area is 99.3 Å². The summed E-state index contributed by atoms with van der Waals surface area (Å²) in [4.78, 5) is 0. The number of hydrogen-bond donors (Lipinski definition) is 1. The van der Waals surface area contributed by atoms with Gasteiger partial charge in [0, 0.05) is 13.1 Å². The Morgan fingerprint density at radius 3 is 2.56 bits per heavy atom. The Balaban J connectivity index is 1.85. The van der Waals surface area contributed by atoms with Crippen LogP contribution >= 0.6 is 0 Å². The molecule has 0 heterocycles. The van der Waals surface area contributed by atoms with E-state index >= 15 is 0 Å². The van der Waals surface area contributed by atoms with Crippen molar-refractivity contribution in [1.82, 2.24) is 5.32 Å². The fourth-order valence-corrected chi connectivity index (χ4v) is 2.50. The van der Waals surface area contributed by atoms with Crippen LogP contribution in [0, 0.1) is 19.3 Å². The summed E-state index contributed by atoms with van der Waals surface area (Å²) in [5.41, 5.74) is 4.78. The van der Waals surface area contributed by atoms with Crippen LogP contribution in [0.2, 0.25) is 0 Å². The molecule has 0 radical (unpaired) electrons. The van der Waals surface area contributed by atoms with Crippen molar-refractivity contribution in [2.45, 2.75) is 46.6 Å². The van der Waals surface area contributed by atoms with Crippen LogP contribution in [0.3, 0.4) is 0 Å². The molecular weight excluding hydrogens is 194 g/mol. The van der Waals surface area contributed by atoms with Gasteiger partial charge in [-0.15, -0.1) is 0 Å². The third kappa shape index (κ3) is 2.65. The summed E-state index contributed by atoms with van der Waals surface area (Å²) in [6, 6.07) is 6.72. The van der Waals surface area contributed by atoms with Gasteiger partial charge in [0.1, 0.15) is 0 Å². The van der Waals surface area contributed by atoms with Gasteiger partial charge in [0.25, 0.3) is 0 Å². The van der Waals surface area contributed by atoms with Crippen LogP contribution in [0.4, 0.5) is 0 Å². The smallest absolute Gasteiger partial charge is 0.0208 e. The number of rotatable bonds is 4. The van der Waals surface area contributed by atoms with E-state index in [1.165, 1.54) is 42.5 Å². The molecule has 1 N–H and O–H groups in total. The van der Waals surface area contributed by atoms with E-state index in [1.54, 1.807) is 0 Å². The molecule has 0 spiro atoms. The molecule has 0 aromatic heterocycles. The third-order valence-corrected chi connectivity index (χ3v) is 3.93. The SMILES string of the molecule is Cc1ccc(CNCC2(C)CCC2)c(C)c1. The Morgan fingerprint density at radius 2 is 2.00 bits per heavy atom. The number of benzene rings is 1. The van der Waals surface area contributed by atoms with E-state index in [0.717, 1.165) is 6.54 Å². The quantitative estimate of drug-likeness (QED) is 0.813.